The Morgan fingerprint density at radius 3 is 2.64 bits per heavy atom. The molecule has 11 heavy (non-hydrogen) atoms. The van der Waals surface area contributed by atoms with E-state index in [-0.39, 0.29) is 5.91 Å². The second kappa shape index (κ2) is 5.75. The Balaban J connectivity index is 3.94. The smallest absolute Gasteiger partial charge is 0.222 e. The Labute approximate surface area is 68.2 Å². The molecular formula is C9H15NO. The van der Waals surface area contributed by atoms with Crippen LogP contribution < -0.4 is 0 Å². The van der Waals surface area contributed by atoms with Crippen molar-refractivity contribution in [1.82, 2.24) is 4.90 Å². The molecule has 2 heteroatoms. The average molecular weight is 153 g/mol. The summed E-state index contributed by atoms with van der Waals surface area (Å²) < 4.78 is 0. The van der Waals surface area contributed by atoms with E-state index in [2.05, 4.69) is 12.3 Å². The lowest BCUT2D eigenvalue weighted by Gasteiger charge is -2.17. The van der Waals surface area contributed by atoms with E-state index in [1.54, 1.807) is 11.0 Å². The maximum Gasteiger partial charge on any atom is 0.222 e. The highest BCUT2D eigenvalue weighted by molar-refractivity contribution is 5.75. The first-order valence-corrected chi connectivity index (χ1v) is 3.88. The van der Waals surface area contributed by atoms with Gasteiger partial charge in [0.25, 0.3) is 0 Å². The van der Waals surface area contributed by atoms with Gasteiger partial charge in [-0.05, 0) is 13.0 Å². The van der Waals surface area contributed by atoms with Crippen molar-refractivity contribution in [2.45, 2.75) is 20.3 Å². The fraction of sp³-hybridized carbons (Fsp3) is 0.556. The van der Waals surface area contributed by atoms with Gasteiger partial charge < -0.3 is 4.90 Å². The van der Waals surface area contributed by atoms with Crippen LogP contribution in [0.4, 0.5) is 0 Å². The number of hydrogen-bond donors (Lipinski definition) is 0. The van der Waals surface area contributed by atoms with Crippen LogP contribution in [0.2, 0.25) is 0 Å². The molecule has 62 valence electrons. The number of rotatable bonds is 4. The van der Waals surface area contributed by atoms with Gasteiger partial charge in [0.05, 0.1) is 0 Å². The summed E-state index contributed by atoms with van der Waals surface area (Å²) in [7, 11) is 0. The molecule has 0 heterocycles. The van der Waals surface area contributed by atoms with Crippen LogP contribution in [0, 0.1) is 0 Å². The first kappa shape index (κ1) is 9.99. The van der Waals surface area contributed by atoms with Crippen molar-refractivity contribution < 1.29 is 4.79 Å². The van der Waals surface area contributed by atoms with Gasteiger partial charge in [-0.15, -0.1) is 5.73 Å². The van der Waals surface area contributed by atoms with E-state index >= 15 is 0 Å². The maximum absolute atomic E-state index is 11.1. The molecule has 0 unspecified atom stereocenters. The van der Waals surface area contributed by atoms with E-state index < -0.39 is 0 Å². The minimum Gasteiger partial charge on any atom is -0.339 e. The van der Waals surface area contributed by atoms with Crippen LogP contribution >= 0.6 is 0 Å². The Bertz CT molecular complexity index is 168. The third kappa shape index (κ3) is 3.64. The highest BCUT2D eigenvalue weighted by Gasteiger charge is 2.05. The van der Waals surface area contributed by atoms with Crippen LogP contribution in [0.25, 0.3) is 0 Å². The normalized spacial score (nSPS) is 8.55. The fourth-order valence-electron chi connectivity index (χ4n) is 0.806. The van der Waals surface area contributed by atoms with E-state index in [0.29, 0.717) is 13.0 Å². The van der Waals surface area contributed by atoms with Gasteiger partial charge >= 0.3 is 0 Å². The lowest BCUT2D eigenvalue weighted by atomic mass is 10.4. The monoisotopic (exact) mass is 153 g/mol. The summed E-state index contributed by atoms with van der Waals surface area (Å²) >= 11 is 0. The summed E-state index contributed by atoms with van der Waals surface area (Å²) in [5.41, 5.74) is 2.64. The first-order chi connectivity index (χ1) is 5.26. The molecule has 0 aliphatic rings. The predicted octanol–water partition coefficient (Wildman–Crippen LogP) is 1.59. The fourth-order valence-corrected chi connectivity index (χ4v) is 0.806. The van der Waals surface area contributed by atoms with Gasteiger partial charge in [0, 0.05) is 19.5 Å². The zero-order valence-corrected chi connectivity index (χ0v) is 7.26. The van der Waals surface area contributed by atoms with Crippen LogP contribution in [-0.2, 0) is 4.79 Å². The third-order valence-corrected chi connectivity index (χ3v) is 1.49. The van der Waals surface area contributed by atoms with Crippen molar-refractivity contribution in [2.24, 2.45) is 0 Å². The number of likely N-dealkylation sites (N-methyl/N-ethyl adjacent to an activating group) is 1. The molecule has 0 atom stereocenters. The van der Waals surface area contributed by atoms with Crippen LogP contribution in [0.3, 0.4) is 0 Å². The molecule has 0 bridgehead atoms. The highest BCUT2D eigenvalue weighted by atomic mass is 16.2. The highest BCUT2D eigenvalue weighted by Crippen LogP contribution is 1.92. The Morgan fingerprint density at radius 1 is 1.64 bits per heavy atom. The van der Waals surface area contributed by atoms with E-state index in [9.17, 15) is 4.79 Å². The van der Waals surface area contributed by atoms with Gasteiger partial charge in [-0.1, -0.05) is 13.5 Å². The predicted molar refractivity (Wildman–Crippen MR) is 46.3 cm³/mol. The van der Waals surface area contributed by atoms with Gasteiger partial charge in [0.15, 0.2) is 0 Å². The molecule has 0 N–H and O–H groups in total. The molecule has 0 aliphatic heterocycles. The number of nitrogens with zero attached hydrogens (tertiary/aromatic N) is 1. The quantitative estimate of drug-likeness (QED) is 0.561. The standard InChI is InChI=1S/C9H15NO/c1-4-7-8-10(6-3)9(11)5-2/h7H,1,5-6,8H2,2-3H3. The molecule has 0 radical (unpaired) electrons. The summed E-state index contributed by atoms with van der Waals surface area (Å²) in [5, 5.41) is 0. The van der Waals surface area contributed by atoms with Gasteiger partial charge in [-0.3, -0.25) is 4.79 Å². The van der Waals surface area contributed by atoms with Crippen LogP contribution in [0.1, 0.15) is 20.3 Å². The third-order valence-electron chi connectivity index (χ3n) is 1.49. The van der Waals surface area contributed by atoms with E-state index in [4.69, 9.17) is 0 Å². The summed E-state index contributed by atoms with van der Waals surface area (Å²) in [5.74, 6) is 0.180. The van der Waals surface area contributed by atoms with Gasteiger partial charge in [0.2, 0.25) is 5.91 Å². The molecule has 0 saturated carbocycles. The van der Waals surface area contributed by atoms with Crippen molar-refractivity contribution in [3.05, 3.63) is 18.4 Å². The van der Waals surface area contributed by atoms with Crippen molar-refractivity contribution in [2.75, 3.05) is 13.1 Å². The lowest BCUT2D eigenvalue weighted by Crippen LogP contribution is -2.29. The molecule has 0 aromatic heterocycles. The average Bonchev–Trinajstić information content (AvgIpc) is 2.05. The minimum absolute atomic E-state index is 0.180. The largest absolute Gasteiger partial charge is 0.339 e. The molecule has 0 rings (SSSR count). The number of hydrogen-bond acceptors (Lipinski definition) is 1. The molecule has 0 fully saturated rings. The Kier molecular flexibility index (Phi) is 5.22. The molecule has 1 amide bonds. The lowest BCUT2D eigenvalue weighted by molar-refractivity contribution is -0.130. The van der Waals surface area contributed by atoms with E-state index in [0.717, 1.165) is 6.54 Å². The van der Waals surface area contributed by atoms with Crippen molar-refractivity contribution in [3.8, 4) is 0 Å². The zero-order chi connectivity index (χ0) is 8.69. The first-order valence-electron chi connectivity index (χ1n) is 3.88. The molecule has 0 saturated heterocycles. The summed E-state index contributed by atoms with van der Waals surface area (Å²) in [6.07, 6.45) is 2.33. The summed E-state index contributed by atoms with van der Waals surface area (Å²) in [6.45, 7) is 8.65. The van der Waals surface area contributed by atoms with Crippen molar-refractivity contribution in [1.29, 1.82) is 0 Å². The van der Waals surface area contributed by atoms with Crippen molar-refractivity contribution >= 4 is 5.91 Å². The second-order valence-electron chi connectivity index (χ2n) is 2.19. The Morgan fingerprint density at radius 2 is 2.27 bits per heavy atom. The molecular weight excluding hydrogens is 138 g/mol. The van der Waals surface area contributed by atoms with Crippen LogP contribution in [0.5, 0.6) is 0 Å². The summed E-state index contributed by atoms with van der Waals surface area (Å²) in [6, 6.07) is 0. The number of carbonyl (C=O) groups is 1. The maximum atomic E-state index is 11.1. The van der Waals surface area contributed by atoms with E-state index in [1.807, 2.05) is 13.8 Å². The molecule has 2 nitrogen and oxygen atoms in total. The minimum atomic E-state index is 0.180. The summed E-state index contributed by atoms with van der Waals surface area (Å²) in [4.78, 5) is 12.9. The zero-order valence-electron chi connectivity index (χ0n) is 7.26. The molecule has 0 aromatic rings. The topological polar surface area (TPSA) is 20.3 Å². The van der Waals surface area contributed by atoms with E-state index in [1.165, 1.54) is 0 Å². The number of carbonyl (C=O) groups excluding carboxylic acids is 1. The second-order valence-corrected chi connectivity index (χ2v) is 2.19. The molecule has 0 spiro atoms. The van der Waals surface area contributed by atoms with Crippen molar-refractivity contribution in [3.63, 3.8) is 0 Å². The number of amides is 1. The molecule has 0 aliphatic carbocycles. The van der Waals surface area contributed by atoms with Crippen LogP contribution in [-0.4, -0.2) is 23.9 Å². The molecule has 0 aromatic carbocycles. The van der Waals surface area contributed by atoms with Gasteiger partial charge in [0.1, 0.15) is 0 Å². The van der Waals surface area contributed by atoms with Gasteiger partial charge in [-0.25, -0.2) is 0 Å². The van der Waals surface area contributed by atoms with Gasteiger partial charge in [-0.2, -0.15) is 0 Å². The van der Waals surface area contributed by atoms with Crippen LogP contribution in [0.15, 0.2) is 18.4 Å². The Hall–Kier alpha value is -1.01. The SMILES string of the molecule is C=C=CCN(CC)C(=O)CC.